The molecule has 0 saturated heterocycles. The summed E-state index contributed by atoms with van der Waals surface area (Å²) in [6.45, 7) is 2.34. The van der Waals surface area contributed by atoms with E-state index in [1.807, 2.05) is 12.1 Å². The van der Waals surface area contributed by atoms with Crippen LogP contribution >= 0.6 is 0 Å². The first-order valence-corrected chi connectivity index (χ1v) is 4.57. The van der Waals surface area contributed by atoms with Crippen LogP contribution in [0.25, 0.3) is 0 Å². The Labute approximate surface area is 73.6 Å². The molecule has 0 radical (unpaired) electrons. The molecule has 2 rings (SSSR count). The second kappa shape index (κ2) is 2.51. The minimum atomic E-state index is 0.452. The Morgan fingerprint density at radius 2 is 1.75 bits per heavy atom. The molecular formula is C11H15N. The van der Waals surface area contributed by atoms with Gasteiger partial charge in [0.1, 0.15) is 0 Å². The molecule has 1 aliphatic rings. The van der Waals surface area contributed by atoms with Crippen LogP contribution in [0, 0.1) is 0 Å². The summed E-state index contributed by atoms with van der Waals surface area (Å²) >= 11 is 0. The normalized spacial score (nSPS) is 20.1. The van der Waals surface area contributed by atoms with Crippen LogP contribution in [0.1, 0.15) is 31.7 Å². The van der Waals surface area contributed by atoms with Crippen molar-refractivity contribution in [2.45, 2.75) is 31.6 Å². The van der Waals surface area contributed by atoms with Crippen LogP contribution in [0.4, 0.5) is 5.69 Å². The van der Waals surface area contributed by atoms with Gasteiger partial charge in [-0.05, 0) is 36.0 Å². The van der Waals surface area contributed by atoms with Crippen molar-refractivity contribution in [2.24, 2.45) is 0 Å². The standard InChI is InChI=1S/C11H15N/c1-11(7-2-8-11)9-3-5-10(12)6-4-9/h3-6H,2,7-8,12H2,1H3. The second-order valence-electron chi connectivity index (χ2n) is 4.04. The number of hydrogen-bond donors (Lipinski definition) is 1. The third-order valence-corrected chi connectivity index (χ3v) is 3.06. The number of benzene rings is 1. The van der Waals surface area contributed by atoms with Crippen LogP contribution in [0.15, 0.2) is 24.3 Å². The van der Waals surface area contributed by atoms with Crippen molar-refractivity contribution in [1.29, 1.82) is 0 Å². The molecule has 0 spiro atoms. The van der Waals surface area contributed by atoms with Gasteiger partial charge in [0, 0.05) is 5.69 Å². The van der Waals surface area contributed by atoms with E-state index in [9.17, 15) is 0 Å². The molecule has 1 saturated carbocycles. The zero-order valence-electron chi connectivity index (χ0n) is 7.51. The topological polar surface area (TPSA) is 26.0 Å². The molecule has 0 aromatic heterocycles. The third-order valence-electron chi connectivity index (χ3n) is 3.06. The molecule has 0 heterocycles. The van der Waals surface area contributed by atoms with Gasteiger partial charge in [0.25, 0.3) is 0 Å². The SMILES string of the molecule is CC1(c2ccc(N)cc2)CCC1. The molecule has 1 aliphatic carbocycles. The molecule has 0 atom stereocenters. The van der Waals surface area contributed by atoms with Gasteiger partial charge in [-0.25, -0.2) is 0 Å². The van der Waals surface area contributed by atoms with E-state index >= 15 is 0 Å². The van der Waals surface area contributed by atoms with Crippen molar-refractivity contribution in [3.63, 3.8) is 0 Å². The summed E-state index contributed by atoms with van der Waals surface area (Å²) in [5.74, 6) is 0. The number of nitrogen functional groups attached to an aromatic ring is 1. The van der Waals surface area contributed by atoms with Gasteiger partial charge in [-0.1, -0.05) is 25.5 Å². The van der Waals surface area contributed by atoms with Crippen molar-refractivity contribution in [3.05, 3.63) is 29.8 Å². The van der Waals surface area contributed by atoms with E-state index in [1.165, 1.54) is 24.8 Å². The zero-order valence-corrected chi connectivity index (χ0v) is 7.51. The summed E-state index contributed by atoms with van der Waals surface area (Å²) in [5.41, 5.74) is 8.39. The molecule has 0 unspecified atom stereocenters. The van der Waals surface area contributed by atoms with E-state index in [4.69, 9.17) is 5.73 Å². The van der Waals surface area contributed by atoms with Gasteiger partial charge < -0.3 is 5.73 Å². The predicted molar refractivity (Wildman–Crippen MR) is 52.1 cm³/mol. The third kappa shape index (κ3) is 1.09. The molecular weight excluding hydrogens is 146 g/mol. The predicted octanol–water partition coefficient (Wildman–Crippen LogP) is 2.71. The number of hydrogen-bond acceptors (Lipinski definition) is 1. The molecule has 1 fully saturated rings. The minimum absolute atomic E-state index is 0.452. The lowest BCUT2D eigenvalue weighted by Gasteiger charge is -2.39. The Morgan fingerprint density at radius 3 is 2.17 bits per heavy atom. The van der Waals surface area contributed by atoms with Crippen molar-refractivity contribution in [1.82, 2.24) is 0 Å². The van der Waals surface area contributed by atoms with E-state index in [-0.39, 0.29) is 0 Å². The maximum Gasteiger partial charge on any atom is 0.0314 e. The van der Waals surface area contributed by atoms with Crippen LogP contribution in [-0.4, -0.2) is 0 Å². The lowest BCUT2D eigenvalue weighted by atomic mass is 9.66. The van der Waals surface area contributed by atoms with E-state index in [1.54, 1.807) is 0 Å². The van der Waals surface area contributed by atoms with Crippen LogP contribution < -0.4 is 5.73 Å². The van der Waals surface area contributed by atoms with Gasteiger partial charge in [0.05, 0.1) is 0 Å². The molecule has 0 bridgehead atoms. The van der Waals surface area contributed by atoms with E-state index in [0.717, 1.165) is 5.69 Å². The first-order valence-electron chi connectivity index (χ1n) is 4.57. The van der Waals surface area contributed by atoms with Crippen molar-refractivity contribution < 1.29 is 0 Å². The lowest BCUT2D eigenvalue weighted by Crippen LogP contribution is -2.30. The van der Waals surface area contributed by atoms with Gasteiger partial charge >= 0.3 is 0 Å². The Bertz CT molecular complexity index is 270. The van der Waals surface area contributed by atoms with E-state index < -0.39 is 0 Å². The maximum absolute atomic E-state index is 5.63. The number of nitrogens with two attached hydrogens (primary N) is 1. The fourth-order valence-corrected chi connectivity index (χ4v) is 1.88. The number of anilines is 1. The van der Waals surface area contributed by atoms with Crippen LogP contribution in [0.2, 0.25) is 0 Å². The average molecular weight is 161 g/mol. The lowest BCUT2D eigenvalue weighted by molar-refractivity contribution is 0.272. The molecule has 2 N–H and O–H groups in total. The van der Waals surface area contributed by atoms with E-state index in [2.05, 4.69) is 19.1 Å². The second-order valence-corrected chi connectivity index (χ2v) is 4.04. The first-order chi connectivity index (χ1) is 5.71. The van der Waals surface area contributed by atoms with Crippen LogP contribution in [0.5, 0.6) is 0 Å². The van der Waals surface area contributed by atoms with Crippen molar-refractivity contribution >= 4 is 5.69 Å². The Hall–Kier alpha value is -0.980. The smallest absolute Gasteiger partial charge is 0.0314 e. The Morgan fingerprint density at radius 1 is 1.17 bits per heavy atom. The van der Waals surface area contributed by atoms with Gasteiger partial charge in [-0.3, -0.25) is 0 Å². The van der Waals surface area contributed by atoms with Gasteiger partial charge in [0.15, 0.2) is 0 Å². The van der Waals surface area contributed by atoms with Gasteiger partial charge in [-0.15, -0.1) is 0 Å². The highest BCUT2D eigenvalue weighted by Gasteiger charge is 2.33. The summed E-state index contributed by atoms with van der Waals surface area (Å²) in [6.07, 6.45) is 4.04. The van der Waals surface area contributed by atoms with Gasteiger partial charge in [-0.2, -0.15) is 0 Å². The Balaban J connectivity index is 2.28. The zero-order chi connectivity index (χ0) is 8.60. The summed E-state index contributed by atoms with van der Waals surface area (Å²) in [5, 5.41) is 0. The largest absolute Gasteiger partial charge is 0.399 e. The van der Waals surface area contributed by atoms with E-state index in [0.29, 0.717) is 5.41 Å². The highest BCUT2D eigenvalue weighted by atomic mass is 14.5. The fourth-order valence-electron chi connectivity index (χ4n) is 1.88. The number of rotatable bonds is 1. The highest BCUT2D eigenvalue weighted by Crippen LogP contribution is 2.43. The highest BCUT2D eigenvalue weighted by molar-refractivity contribution is 5.41. The molecule has 64 valence electrons. The van der Waals surface area contributed by atoms with Crippen molar-refractivity contribution in [3.8, 4) is 0 Å². The van der Waals surface area contributed by atoms with Gasteiger partial charge in [0.2, 0.25) is 0 Å². The first kappa shape index (κ1) is 7.66. The molecule has 1 nitrogen and oxygen atoms in total. The quantitative estimate of drug-likeness (QED) is 0.630. The molecule has 1 aromatic rings. The summed E-state index contributed by atoms with van der Waals surface area (Å²) < 4.78 is 0. The molecule has 0 aliphatic heterocycles. The average Bonchev–Trinajstić information content (AvgIpc) is 2.02. The maximum atomic E-state index is 5.63. The monoisotopic (exact) mass is 161 g/mol. The fraction of sp³-hybridized carbons (Fsp3) is 0.455. The summed E-state index contributed by atoms with van der Waals surface area (Å²) in [6, 6.07) is 8.32. The molecule has 1 aromatic carbocycles. The summed E-state index contributed by atoms with van der Waals surface area (Å²) in [4.78, 5) is 0. The summed E-state index contributed by atoms with van der Waals surface area (Å²) in [7, 11) is 0. The molecule has 0 amide bonds. The minimum Gasteiger partial charge on any atom is -0.399 e. The Kier molecular flexibility index (Phi) is 1.60. The van der Waals surface area contributed by atoms with Crippen molar-refractivity contribution in [2.75, 3.05) is 5.73 Å². The molecule has 1 heteroatoms. The molecule has 12 heavy (non-hydrogen) atoms. The van der Waals surface area contributed by atoms with Crippen LogP contribution in [0.3, 0.4) is 0 Å². The van der Waals surface area contributed by atoms with Crippen LogP contribution in [-0.2, 0) is 5.41 Å².